The number of halogens is 2. The molecule has 2 aromatic rings. The fourth-order valence-corrected chi connectivity index (χ4v) is 3.77. The Morgan fingerprint density at radius 2 is 2.07 bits per heavy atom. The van der Waals surface area contributed by atoms with Crippen molar-refractivity contribution in [1.82, 2.24) is 10.3 Å². The van der Waals surface area contributed by atoms with Gasteiger partial charge in [0.05, 0.1) is 13.3 Å². The Morgan fingerprint density at radius 3 is 2.82 bits per heavy atom. The molecule has 1 aliphatic rings. The molecule has 1 unspecified atom stereocenters. The summed E-state index contributed by atoms with van der Waals surface area (Å²) in [5.41, 5.74) is 0.768. The van der Waals surface area contributed by atoms with Gasteiger partial charge in [0, 0.05) is 36.7 Å². The van der Waals surface area contributed by atoms with Crippen LogP contribution >= 0.6 is 0 Å². The number of carbonyl (C=O) groups excluding carboxylic acids is 1. The summed E-state index contributed by atoms with van der Waals surface area (Å²) in [7, 11) is 1.42. The molecule has 0 saturated heterocycles. The van der Waals surface area contributed by atoms with E-state index in [1.165, 1.54) is 32.2 Å². The molecule has 28 heavy (non-hydrogen) atoms. The third-order valence-corrected chi connectivity index (χ3v) is 5.07. The lowest BCUT2D eigenvalue weighted by atomic mass is 9.85. The first kappa shape index (κ1) is 20.0. The first-order valence-corrected chi connectivity index (χ1v) is 9.46. The maximum atomic E-state index is 14.4. The highest BCUT2D eigenvalue weighted by atomic mass is 19.1. The van der Waals surface area contributed by atoms with Gasteiger partial charge in [0.1, 0.15) is 23.2 Å². The van der Waals surface area contributed by atoms with Crippen molar-refractivity contribution in [2.75, 3.05) is 19.0 Å². The van der Waals surface area contributed by atoms with Crippen molar-refractivity contribution >= 4 is 11.7 Å². The predicted octanol–water partition coefficient (Wildman–Crippen LogP) is 4.14. The lowest BCUT2D eigenvalue weighted by Gasteiger charge is -2.29. The molecule has 0 aliphatic heterocycles. The van der Waals surface area contributed by atoms with E-state index in [4.69, 9.17) is 4.74 Å². The van der Waals surface area contributed by atoms with Crippen LogP contribution in [-0.2, 0) is 4.79 Å². The van der Waals surface area contributed by atoms with Crippen molar-refractivity contribution in [1.29, 1.82) is 0 Å². The minimum Gasteiger partial charge on any atom is -0.496 e. The molecule has 7 heteroatoms. The number of rotatable bonds is 6. The van der Waals surface area contributed by atoms with Crippen molar-refractivity contribution in [3.05, 3.63) is 42.1 Å². The molecular weight excluding hydrogens is 364 g/mol. The second-order valence-electron chi connectivity index (χ2n) is 7.20. The maximum absolute atomic E-state index is 14.4. The largest absolute Gasteiger partial charge is 0.496 e. The fraction of sp³-hybridized carbons (Fsp3) is 0.429. The van der Waals surface area contributed by atoms with Crippen molar-refractivity contribution in [2.45, 2.75) is 38.6 Å². The lowest BCUT2D eigenvalue weighted by molar-refractivity contribution is -0.119. The standard InChI is InChI=1S/C21H25F2N3O2/c1-13(27)26-16-5-3-4-14(8-16)11-24-21-10-18(19(23)12-25-21)17-7-6-15(22)9-20(17)28-2/h6-7,9-10,12,14,16H,3-5,8,11H2,1-2H3,(H,24,25)(H,26,27)/t14?,16-/m1/s1. The lowest BCUT2D eigenvalue weighted by Crippen LogP contribution is -2.38. The second-order valence-corrected chi connectivity index (χ2v) is 7.20. The molecule has 3 rings (SSSR count). The third-order valence-electron chi connectivity index (χ3n) is 5.07. The average Bonchev–Trinajstić information content (AvgIpc) is 2.67. The van der Waals surface area contributed by atoms with Gasteiger partial charge in [-0.1, -0.05) is 6.42 Å². The summed E-state index contributed by atoms with van der Waals surface area (Å²) in [5, 5.41) is 6.26. The van der Waals surface area contributed by atoms with E-state index in [1.807, 2.05) is 0 Å². The molecule has 150 valence electrons. The normalized spacial score (nSPS) is 19.1. The minimum absolute atomic E-state index is 0.00306. The van der Waals surface area contributed by atoms with Crippen LogP contribution in [0.2, 0.25) is 0 Å². The zero-order chi connectivity index (χ0) is 20.1. The molecule has 0 spiro atoms. The van der Waals surface area contributed by atoms with Crippen LogP contribution < -0.4 is 15.4 Å². The van der Waals surface area contributed by atoms with Crippen LogP contribution in [0, 0.1) is 17.6 Å². The van der Waals surface area contributed by atoms with Crippen molar-refractivity contribution in [3.63, 3.8) is 0 Å². The van der Waals surface area contributed by atoms with Gasteiger partial charge >= 0.3 is 0 Å². The summed E-state index contributed by atoms with van der Waals surface area (Å²) in [6.07, 6.45) is 5.20. The number of pyridine rings is 1. The minimum atomic E-state index is -0.501. The van der Waals surface area contributed by atoms with E-state index < -0.39 is 11.6 Å². The molecule has 1 heterocycles. The van der Waals surface area contributed by atoms with Gasteiger partial charge in [0.25, 0.3) is 0 Å². The van der Waals surface area contributed by atoms with E-state index in [9.17, 15) is 13.6 Å². The molecule has 1 aliphatic carbocycles. The van der Waals surface area contributed by atoms with Crippen LogP contribution in [0.5, 0.6) is 5.75 Å². The van der Waals surface area contributed by atoms with Gasteiger partial charge in [-0.2, -0.15) is 0 Å². The summed E-state index contributed by atoms with van der Waals surface area (Å²) >= 11 is 0. The number of aromatic nitrogens is 1. The quantitative estimate of drug-likeness (QED) is 0.779. The average molecular weight is 389 g/mol. The highest BCUT2D eigenvalue weighted by molar-refractivity contribution is 5.73. The van der Waals surface area contributed by atoms with E-state index in [1.54, 1.807) is 6.07 Å². The Morgan fingerprint density at radius 1 is 1.25 bits per heavy atom. The van der Waals surface area contributed by atoms with Gasteiger partial charge in [-0.05, 0) is 43.4 Å². The highest BCUT2D eigenvalue weighted by Gasteiger charge is 2.22. The van der Waals surface area contributed by atoms with Crippen LogP contribution in [-0.4, -0.2) is 30.6 Å². The number of hydrogen-bond donors (Lipinski definition) is 2. The van der Waals surface area contributed by atoms with Gasteiger partial charge in [0.15, 0.2) is 0 Å². The molecule has 1 fully saturated rings. The van der Waals surface area contributed by atoms with Crippen LogP contribution in [0.15, 0.2) is 30.5 Å². The van der Waals surface area contributed by atoms with E-state index >= 15 is 0 Å². The van der Waals surface area contributed by atoms with E-state index in [0.29, 0.717) is 29.4 Å². The number of hydrogen-bond acceptors (Lipinski definition) is 4. The first-order valence-electron chi connectivity index (χ1n) is 9.46. The number of amides is 1. The van der Waals surface area contributed by atoms with Crippen LogP contribution in [0.25, 0.3) is 11.1 Å². The molecule has 2 N–H and O–H groups in total. The predicted molar refractivity (Wildman–Crippen MR) is 104 cm³/mol. The summed E-state index contributed by atoms with van der Waals surface area (Å²) in [6.45, 7) is 2.23. The fourth-order valence-electron chi connectivity index (χ4n) is 3.77. The summed E-state index contributed by atoms with van der Waals surface area (Å²) in [4.78, 5) is 15.4. The third kappa shape index (κ3) is 4.97. The number of methoxy groups -OCH3 is 1. The molecule has 0 bridgehead atoms. The smallest absolute Gasteiger partial charge is 0.217 e. The Balaban J connectivity index is 1.71. The number of ether oxygens (including phenoxy) is 1. The van der Waals surface area contributed by atoms with Gasteiger partial charge < -0.3 is 15.4 Å². The molecule has 5 nitrogen and oxygen atoms in total. The number of nitrogens with zero attached hydrogens (tertiary/aromatic N) is 1. The van der Waals surface area contributed by atoms with Crippen LogP contribution in [0.3, 0.4) is 0 Å². The Hall–Kier alpha value is -2.70. The molecule has 1 aromatic heterocycles. The van der Waals surface area contributed by atoms with Crippen LogP contribution in [0.1, 0.15) is 32.6 Å². The Labute approximate surface area is 163 Å². The number of nitrogens with one attached hydrogen (secondary N) is 2. The molecule has 0 radical (unpaired) electrons. The van der Waals surface area contributed by atoms with Gasteiger partial charge in [0.2, 0.25) is 5.91 Å². The number of carbonyl (C=O) groups is 1. The molecular formula is C21H25F2N3O2. The molecule has 2 atom stereocenters. The Bertz CT molecular complexity index is 844. The van der Waals surface area contributed by atoms with Gasteiger partial charge in [-0.3, -0.25) is 4.79 Å². The molecule has 1 amide bonds. The van der Waals surface area contributed by atoms with Crippen molar-refractivity contribution in [3.8, 4) is 16.9 Å². The topological polar surface area (TPSA) is 63.2 Å². The number of benzene rings is 1. The van der Waals surface area contributed by atoms with Crippen molar-refractivity contribution < 1.29 is 18.3 Å². The SMILES string of the molecule is COc1cc(F)ccc1-c1cc(NCC2CCC[C@@H](NC(C)=O)C2)ncc1F. The number of anilines is 1. The van der Waals surface area contributed by atoms with Crippen molar-refractivity contribution in [2.24, 2.45) is 5.92 Å². The van der Waals surface area contributed by atoms with E-state index in [-0.39, 0.29) is 17.7 Å². The molecule has 1 saturated carbocycles. The monoisotopic (exact) mass is 389 g/mol. The summed E-state index contributed by atoms with van der Waals surface area (Å²) in [5.74, 6) is 0.266. The zero-order valence-electron chi connectivity index (χ0n) is 16.1. The van der Waals surface area contributed by atoms with Gasteiger partial charge in [-0.25, -0.2) is 13.8 Å². The summed E-state index contributed by atoms with van der Waals surface area (Å²) in [6, 6.07) is 5.81. The van der Waals surface area contributed by atoms with E-state index in [2.05, 4.69) is 15.6 Å². The van der Waals surface area contributed by atoms with Crippen LogP contribution in [0.4, 0.5) is 14.6 Å². The highest BCUT2D eigenvalue weighted by Crippen LogP contribution is 2.33. The zero-order valence-corrected chi connectivity index (χ0v) is 16.1. The maximum Gasteiger partial charge on any atom is 0.217 e. The van der Waals surface area contributed by atoms with Gasteiger partial charge in [-0.15, -0.1) is 0 Å². The molecule has 1 aromatic carbocycles. The second kappa shape index (κ2) is 8.99. The Kier molecular flexibility index (Phi) is 6.44. The summed E-state index contributed by atoms with van der Waals surface area (Å²) < 4.78 is 33.0. The van der Waals surface area contributed by atoms with E-state index in [0.717, 1.165) is 31.9 Å². The first-order chi connectivity index (χ1) is 13.5.